The molecule has 4 rings (SSSR count). The van der Waals surface area contributed by atoms with E-state index in [1.807, 2.05) is 6.92 Å². The van der Waals surface area contributed by atoms with Gasteiger partial charge in [-0.05, 0) is 87.0 Å². The lowest BCUT2D eigenvalue weighted by molar-refractivity contribution is 0.0526. The second-order valence-corrected chi connectivity index (χ2v) is 7.85. The molecule has 3 aliphatic rings. The van der Waals surface area contributed by atoms with Gasteiger partial charge in [0.15, 0.2) is 0 Å². The van der Waals surface area contributed by atoms with Crippen molar-refractivity contribution in [2.24, 2.45) is 5.92 Å². The smallest absolute Gasteiger partial charge is 0.340 e. The fourth-order valence-corrected chi connectivity index (χ4v) is 5.08. The minimum absolute atomic E-state index is 0.198. The highest BCUT2D eigenvalue weighted by molar-refractivity contribution is 5.96. The monoisotopic (exact) mass is 343 g/mol. The Balaban J connectivity index is 1.76. The molecule has 0 radical (unpaired) electrons. The molecule has 1 aromatic rings. The third-order valence-electron chi connectivity index (χ3n) is 6.35. The number of hydrogen-bond donors (Lipinski definition) is 1. The van der Waals surface area contributed by atoms with Gasteiger partial charge in [0.05, 0.1) is 24.0 Å². The number of rotatable bonds is 3. The van der Waals surface area contributed by atoms with Gasteiger partial charge >= 0.3 is 5.97 Å². The molecule has 25 heavy (non-hydrogen) atoms. The van der Waals surface area contributed by atoms with Crippen molar-refractivity contribution in [3.05, 3.63) is 28.8 Å². The Morgan fingerprint density at radius 3 is 2.80 bits per heavy atom. The standard InChI is InChI=1S/C21H29NO3/c1-2-25-21(24)19-13-18-15(11-20(19)22-9-3-4-10-22)6-5-14-7-8-16(23)12-17(14)18/h11,13-14,16-17,23H,2-10,12H2,1H3. The maximum absolute atomic E-state index is 12.6. The van der Waals surface area contributed by atoms with Crippen LogP contribution in [0.2, 0.25) is 0 Å². The largest absolute Gasteiger partial charge is 0.462 e. The summed E-state index contributed by atoms with van der Waals surface area (Å²) in [6.45, 7) is 4.31. The molecule has 4 nitrogen and oxygen atoms in total. The second-order valence-electron chi connectivity index (χ2n) is 7.85. The van der Waals surface area contributed by atoms with Crippen LogP contribution in [0.25, 0.3) is 0 Å². The number of hydrogen-bond acceptors (Lipinski definition) is 4. The summed E-state index contributed by atoms with van der Waals surface area (Å²) in [5.41, 5.74) is 4.46. The van der Waals surface area contributed by atoms with E-state index in [9.17, 15) is 9.90 Å². The predicted octanol–water partition coefficient (Wildman–Crippen LogP) is 3.65. The van der Waals surface area contributed by atoms with Gasteiger partial charge in [-0.1, -0.05) is 0 Å². The summed E-state index contributed by atoms with van der Waals surface area (Å²) >= 11 is 0. The number of aryl methyl sites for hydroxylation is 1. The van der Waals surface area contributed by atoms with Crippen molar-refractivity contribution in [3.63, 3.8) is 0 Å². The van der Waals surface area contributed by atoms with Crippen molar-refractivity contribution < 1.29 is 14.6 Å². The Morgan fingerprint density at radius 1 is 1.24 bits per heavy atom. The molecule has 1 saturated heterocycles. The van der Waals surface area contributed by atoms with Crippen molar-refractivity contribution in [3.8, 4) is 0 Å². The first-order valence-corrected chi connectivity index (χ1v) is 9.94. The van der Waals surface area contributed by atoms with Gasteiger partial charge < -0.3 is 14.7 Å². The van der Waals surface area contributed by atoms with E-state index in [-0.39, 0.29) is 12.1 Å². The van der Waals surface area contributed by atoms with Gasteiger partial charge in [0, 0.05) is 13.1 Å². The van der Waals surface area contributed by atoms with E-state index in [4.69, 9.17) is 4.74 Å². The number of fused-ring (bicyclic) bond motifs is 3. The molecular weight excluding hydrogens is 314 g/mol. The first kappa shape index (κ1) is 16.9. The van der Waals surface area contributed by atoms with E-state index in [1.165, 1.54) is 30.4 Å². The highest BCUT2D eigenvalue weighted by Crippen LogP contribution is 2.46. The van der Waals surface area contributed by atoms with Crippen LogP contribution in [0.15, 0.2) is 12.1 Å². The van der Waals surface area contributed by atoms with Gasteiger partial charge in [0.1, 0.15) is 0 Å². The minimum atomic E-state index is -0.203. The highest BCUT2D eigenvalue weighted by atomic mass is 16.5. The Labute approximate surface area is 150 Å². The van der Waals surface area contributed by atoms with Crippen molar-refractivity contribution in [2.75, 3.05) is 24.6 Å². The molecule has 1 heterocycles. The molecule has 1 N–H and O–H groups in total. The highest BCUT2D eigenvalue weighted by Gasteiger charge is 2.36. The molecule has 1 saturated carbocycles. The van der Waals surface area contributed by atoms with Gasteiger partial charge in [0.2, 0.25) is 0 Å². The molecule has 2 fully saturated rings. The number of aliphatic hydroxyl groups is 1. The van der Waals surface area contributed by atoms with Crippen LogP contribution in [-0.2, 0) is 11.2 Å². The van der Waals surface area contributed by atoms with Crippen LogP contribution in [0.4, 0.5) is 5.69 Å². The van der Waals surface area contributed by atoms with Gasteiger partial charge in [-0.15, -0.1) is 0 Å². The van der Waals surface area contributed by atoms with Crippen LogP contribution in [0.1, 0.15) is 72.9 Å². The molecule has 136 valence electrons. The third kappa shape index (κ3) is 3.17. The Hall–Kier alpha value is -1.55. The maximum Gasteiger partial charge on any atom is 0.340 e. The lowest BCUT2D eigenvalue weighted by atomic mass is 9.67. The average molecular weight is 343 g/mol. The zero-order chi connectivity index (χ0) is 17.4. The lowest BCUT2D eigenvalue weighted by Crippen LogP contribution is -2.31. The number of nitrogens with zero attached hydrogens (tertiary/aromatic N) is 1. The van der Waals surface area contributed by atoms with Crippen LogP contribution >= 0.6 is 0 Å². The van der Waals surface area contributed by atoms with E-state index < -0.39 is 0 Å². The quantitative estimate of drug-likeness (QED) is 0.851. The van der Waals surface area contributed by atoms with E-state index >= 15 is 0 Å². The molecule has 3 atom stereocenters. The molecule has 0 spiro atoms. The normalized spacial score (nSPS) is 28.4. The molecule has 1 aliphatic heterocycles. The van der Waals surface area contributed by atoms with Gasteiger partial charge in [-0.2, -0.15) is 0 Å². The summed E-state index contributed by atoms with van der Waals surface area (Å²) in [5, 5.41) is 10.2. The first-order valence-electron chi connectivity index (χ1n) is 9.94. The SMILES string of the molecule is CCOC(=O)c1cc2c(cc1N1CCCC1)CCC1CCC(O)CC21. The molecule has 1 aromatic carbocycles. The zero-order valence-corrected chi connectivity index (χ0v) is 15.2. The van der Waals surface area contributed by atoms with E-state index in [2.05, 4.69) is 17.0 Å². The Kier molecular flexibility index (Phi) is 4.72. The number of anilines is 1. The predicted molar refractivity (Wildman–Crippen MR) is 98.3 cm³/mol. The minimum Gasteiger partial charge on any atom is -0.462 e. The summed E-state index contributed by atoms with van der Waals surface area (Å²) in [5.74, 6) is 0.850. The summed E-state index contributed by atoms with van der Waals surface area (Å²) in [4.78, 5) is 15.0. The first-order chi connectivity index (χ1) is 12.2. The maximum atomic E-state index is 12.6. The van der Waals surface area contributed by atoms with Gasteiger partial charge in [0.25, 0.3) is 0 Å². The summed E-state index contributed by atoms with van der Waals surface area (Å²) in [6, 6.07) is 4.36. The number of ether oxygens (including phenoxy) is 1. The second kappa shape index (κ2) is 6.99. The average Bonchev–Trinajstić information content (AvgIpc) is 3.15. The van der Waals surface area contributed by atoms with Crippen molar-refractivity contribution in [2.45, 2.75) is 63.9 Å². The lowest BCUT2D eigenvalue weighted by Gasteiger charge is -2.40. The number of carbonyl (C=O) groups excluding carboxylic acids is 1. The number of aliphatic hydroxyl groups excluding tert-OH is 1. The molecule has 2 aliphatic carbocycles. The van der Waals surface area contributed by atoms with Crippen LogP contribution in [-0.4, -0.2) is 36.9 Å². The van der Waals surface area contributed by atoms with Crippen LogP contribution in [0, 0.1) is 5.92 Å². The van der Waals surface area contributed by atoms with Crippen LogP contribution in [0.3, 0.4) is 0 Å². The summed E-state index contributed by atoms with van der Waals surface area (Å²) < 4.78 is 5.36. The molecule has 0 amide bonds. The topological polar surface area (TPSA) is 49.8 Å². The fourth-order valence-electron chi connectivity index (χ4n) is 5.08. The fraction of sp³-hybridized carbons (Fsp3) is 0.667. The van der Waals surface area contributed by atoms with Crippen molar-refractivity contribution >= 4 is 11.7 Å². The zero-order valence-electron chi connectivity index (χ0n) is 15.2. The van der Waals surface area contributed by atoms with Crippen molar-refractivity contribution in [1.29, 1.82) is 0 Å². The van der Waals surface area contributed by atoms with Crippen LogP contribution in [0.5, 0.6) is 0 Å². The molecule has 3 unspecified atom stereocenters. The molecule has 4 heteroatoms. The summed E-state index contributed by atoms with van der Waals surface area (Å²) in [6.07, 6.45) is 7.35. The van der Waals surface area contributed by atoms with Gasteiger partial charge in [-0.25, -0.2) is 4.79 Å². The van der Waals surface area contributed by atoms with Crippen LogP contribution < -0.4 is 4.90 Å². The Bertz CT molecular complexity index is 651. The molecular formula is C21H29NO3. The van der Waals surface area contributed by atoms with E-state index in [1.54, 1.807) is 0 Å². The number of carbonyl (C=O) groups is 1. The molecule has 0 bridgehead atoms. The Morgan fingerprint density at radius 2 is 2.04 bits per heavy atom. The van der Waals surface area contributed by atoms with Crippen molar-refractivity contribution in [1.82, 2.24) is 0 Å². The molecule has 0 aromatic heterocycles. The number of benzene rings is 1. The van der Waals surface area contributed by atoms with E-state index in [0.717, 1.165) is 50.0 Å². The third-order valence-corrected chi connectivity index (χ3v) is 6.35. The van der Waals surface area contributed by atoms with Gasteiger partial charge in [-0.3, -0.25) is 0 Å². The van der Waals surface area contributed by atoms with E-state index in [0.29, 0.717) is 18.4 Å². The summed E-state index contributed by atoms with van der Waals surface area (Å²) in [7, 11) is 0. The number of esters is 1.